The van der Waals surface area contributed by atoms with Gasteiger partial charge in [-0.1, -0.05) is 11.6 Å². The molecule has 1 unspecified atom stereocenters. The molecule has 0 saturated heterocycles. The molecule has 0 bridgehead atoms. The summed E-state index contributed by atoms with van der Waals surface area (Å²) < 4.78 is 10.7. The van der Waals surface area contributed by atoms with Crippen LogP contribution < -0.4 is 9.47 Å². The highest BCUT2D eigenvalue weighted by molar-refractivity contribution is 6.32. The van der Waals surface area contributed by atoms with Gasteiger partial charge in [0.1, 0.15) is 19.5 Å². The molecule has 2 rings (SSSR count). The Kier molecular flexibility index (Phi) is 3.31. The predicted molar refractivity (Wildman–Crippen MR) is 58.1 cm³/mol. The molecule has 0 amide bonds. The first-order chi connectivity index (χ1) is 7.72. The Hall–Kier alpha value is -1.26. The molecule has 1 aromatic carbocycles. The summed E-state index contributed by atoms with van der Waals surface area (Å²) in [4.78, 5) is 10.3. The van der Waals surface area contributed by atoms with Gasteiger partial charge < -0.3 is 19.4 Å². The lowest BCUT2D eigenvalue weighted by molar-refractivity contribution is -0.109. The van der Waals surface area contributed by atoms with Crippen molar-refractivity contribution in [1.82, 2.24) is 0 Å². The van der Waals surface area contributed by atoms with Crippen molar-refractivity contribution in [1.29, 1.82) is 0 Å². The van der Waals surface area contributed by atoms with Crippen LogP contribution in [-0.2, 0) is 4.79 Å². The van der Waals surface area contributed by atoms with Crippen molar-refractivity contribution in [3.05, 3.63) is 22.7 Å². The first kappa shape index (κ1) is 11.2. The SMILES string of the molecule is O=CCC(O)c1cc(Cl)c2c(c1)OCCO2. The quantitative estimate of drug-likeness (QED) is 0.821. The molecule has 1 aliphatic rings. The topological polar surface area (TPSA) is 55.8 Å². The van der Waals surface area contributed by atoms with E-state index in [-0.39, 0.29) is 6.42 Å². The normalized spacial score (nSPS) is 15.6. The number of aliphatic hydroxyl groups excluding tert-OH is 1. The Morgan fingerprint density at radius 2 is 2.19 bits per heavy atom. The minimum atomic E-state index is -0.856. The van der Waals surface area contributed by atoms with E-state index >= 15 is 0 Å². The highest BCUT2D eigenvalue weighted by Gasteiger charge is 2.19. The molecule has 1 atom stereocenters. The summed E-state index contributed by atoms with van der Waals surface area (Å²) in [6.07, 6.45) is -0.156. The zero-order valence-electron chi connectivity index (χ0n) is 8.48. The molecule has 5 heteroatoms. The molecule has 1 N–H and O–H groups in total. The molecule has 4 nitrogen and oxygen atoms in total. The van der Waals surface area contributed by atoms with Crippen molar-refractivity contribution in [2.75, 3.05) is 13.2 Å². The molecule has 0 spiro atoms. The van der Waals surface area contributed by atoms with E-state index in [2.05, 4.69) is 0 Å². The highest BCUT2D eigenvalue weighted by atomic mass is 35.5. The number of aldehydes is 1. The van der Waals surface area contributed by atoms with Gasteiger partial charge in [0, 0.05) is 6.42 Å². The predicted octanol–water partition coefficient (Wildman–Crippen LogP) is 1.73. The Morgan fingerprint density at radius 3 is 2.94 bits per heavy atom. The van der Waals surface area contributed by atoms with Gasteiger partial charge in [0.2, 0.25) is 0 Å². The van der Waals surface area contributed by atoms with Gasteiger partial charge in [0.25, 0.3) is 0 Å². The van der Waals surface area contributed by atoms with Crippen LogP contribution in [0.5, 0.6) is 11.5 Å². The lowest BCUT2D eigenvalue weighted by Crippen LogP contribution is -2.16. The second kappa shape index (κ2) is 4.72. The smallest absolute Gasteiger partial charge is 0.179 e. The molecule has 1 aliphatic heterocycles. The van der Waals surface area contributed by atoms with Crippen LogP contribution in [0.2, 0.25) is 5.02 Å². The number of hydrogen-bond donors (Lipinski definition) is 1. The Balaban J connectivity index is 2.34. The molecule has 0 aromatic heterocycles. The third-order valence-electron chi connectivity index (χ3n) is 2.32. The second-order valence-corrected chi connectivity index (χ2v) is 3.85. The van der Waals surface area contributed by atoms with Crippen molar-refractivity contribution in [2.24, 2.45) is 0 Å². The number of aliphatic hydroxyl groups is 1. The molecule has 1 heterocycles. The monoisotopic (exact) mass is 242 g/mol. The summed E-state index contributed by atoms with van der Waals surface area (Å²) >= 11 is 5.99. The third kappa shape index (κ3) is 2.13. The van der Waals surface area contributed by atoms with Gasteiger partial charge in [-0.15, -0.1) is 0 Å². The number of carbonyl (C=O) groups is 1. The lowest BCUT2D eigenvalue weighted by Gasteiger charge is -2.21. The fourth-order valence-electron chi connectivity index (χ4n) is 1.55. The van der Waals surface area contributed by atoms with E-state index in [4.69, 9.17) is 21.1 Å². The van der Waals surface area contributed by atoms with Crippen LogP contribution in [0.3, 0.4) is 0 Å². The average molecular weight is 243 g/mol. The van der Waals surface area contributed by atoms with E-state index in [0.717, 1.165) is 0 Å². The van der Waals surface area contributed by atoms with Crippen molar-refractivity contribution in [2.45, 2.75) is 12.5 Å². The molecule has 0 aliphatic carbocycles. The van der Waals surface area contributed by atoms with Crippen LogP contribution in [0.25, 0.3) is 0 Å². The third-order valence-corrected chi connectivity index (χ3v) is 2.60. The fraction of sp³-hybridized carbons (Fsp3) is 0.364. The molecular weight excluding hydrogens is 232 g/mol. The summed E-state index contributed by atoms with van der Waals surface area (Å²) in [6, 6.07) is 3.23. The molecule has 0 saturated carbocycles. The van der Waals surface area contributed by atoms with Gasteiger partial charge >= 0.3 is 0 Å². The summed E-state index contributed by atoms with van der Waals surface area (Å²) in [5.74, 6) is 1.01. The van der Waals surface area contributed by atoms with Gasteiger partial charge in [-0.2, -0.15) is 0 Å². The van der Waals surface area contributed by atoms with Crippen molar-refractivity contribution >= 4 is 17.9 Å². The largest absolute Gasteiger partial charge is 0.486 e. The van der Waals surface area contributed by atoms with E-state index in [1.54, 1.807) is 12.1 Å². The lowest BCUT2D eigenvalue weighted by atomic mass is 10.1. The molecule has 86 valence electrons. The number of hydrogen-bond acceptors (Lipinski definition) is 4. The standard InChI is InChI=1S/C11H11ClO4/c12-8-5-7(9(14)1-2-13)6-10-11(8)16-4-3-15-10/h2,5-6,9,14H,1,3-4H2. The van der Waals surface area contributed by atoms with Crippen molar-refractivity contribution < 1.29 is 19.4 Å². The zero-order chi connectivity index (χ0) is 11.5. The first-order valence-electron chi connectivity index (χ1n) is 4.93. The minimum Gasteiger partial charge on any atom is -0.486 e. The number of ether oxygens (including phenoxy) is 2. The number of halogens is 1. The number of rotatable bonds is 3. The molecule has 0 radical (unpaired) electrons. The van der Waals surface area contributed by atoms with Gasteiger partial charge in [-0.3, -0.25) is 0 Å². The minimum absolute atomic E-state index is 0.0377. The van der Waals surface area contributed by atoms with Crippen LogP contribution in [-0.4, -0.2) is 24.6 Å². The summed E-state index contributed by atoms with van der Waals surface area (Å²) in [7, 11) is 0. The maximum absolute atomic E-state index is 10.3. The fourth-order valence-corrected chi connectivity index (χ4v) is 1.82. The maximum atomic E-state index is 10.3. The second-order valence-electron chi connectivity index (χ2n) is 3.45. The van der Waals surface area contributed by atoms with Gasteiger partial charge in [-0.05, 0) is 17.7 Å². The summed E-state index contributed by atoms with van der Waals surface area (Å²) in [5, 5.41) is 10.0. The van der Waals surface area contributed by atoms with Crippen LogP contribution >= 0.6 is 11.6 Å². The van der Waals surface area contributed by atoms with Crippen LogP contribution in [0.1, 0.15) is 18.1 Å². The average Bonchev–Trinajstić information content (AvgIpc) is 2.29. The molecule has 0 fully saturated rings. The van der Waals surface area contributed by atoms with Gasteiger partial charge in [0.15, 0.2) is 11.5 Å². The number of carbonyl (C=O) groups excluding carboxylic acids is 1. The maximum Gasteiger partial charge on any atom is 0.179 e. The molecular formula is C11H11ClO4. The van der Waals surface area contributed by atoms with Crippen molar-refractivity contribution in [3.63, 3.8) is 0 Å². The summed E-state index contributed by atoms with van der Waals surface area (Å²) in [5.41, 5.74) is 0.557. The Morgan fingerprint density at radius 1 is 1.44 bits per heavy atom. The Labute approximate surface area is 97.7 Å². The Bertz CT molecular complexity index is 405. The van der Waals surface area contributed by atoms with Crippen LogP contribution in [0, 0.1) is 0 Å². The van der Waals surface area contributed by atoms with E-state index < -0.39 is 6.10 Å². The van der Waals surface area contributed by atoms with E-state index in [1.165, 1.54) is 0 Å². The highest BCUT2D eigenvalue weighted by Crippen LogP contribution is 2.39. The van der Waals surface area contributed by atoms with Gasteiger partial charge in [0.05, 0.1) is 11.1 Å². The van der Waals surface area contributed by atoms with Crippen molar-refractivity contribution in [3.8, 4) is 11.5 Å². The zero-order valence-corrected chi connectivity index (χ0v) is 9.24. The van der Waals surface area contributed by atoms with E-state index in [1.807, 2.05) is 0 Å². The van der Waals surface area contributed by atoms with E-state index in [0.29, 0.717) is 41.6 Å². The number of benzene rings is 1. The number of fused-ring (bicyclic) bond motifs is 1. The summed E-state index contributed by atoms with van der Waals surface area (Å²) in [6.45, 7) is 0.916. The van der Waals surface area contributed by atoms with Crippen LogP contribution in [0.15, 0.2) is 12.1 Å². The molecule has 1 aromatic rings. The first-order valence-corrected chi connectivity index (χ1v) is 5.31. The van der Waals surface area contributed by atoms with Crippen LogP contribution in [0.4, 0.5) is 0 Å². The van der Waals surface area contributed by atoms with E-state index in [9.17, 15) is 9.90 Å². The molecule has 16 heavy (non-hydrogen) atoms. The van der Waals surface area contributed by atoms with Gasteiger partial charge in [-0.25, -0.2) is 0 Å².